The average molecular weight is 2100 g/mol. The van der Waals surface area contributed by atoms with Crippen LogP contribution in [0.1, 0.15) is 230 Å². The number of ketones is 2. The van der Waals surface area contributed by atoms with Crippen molar-refractivity contribution in [1.82, 2.24) is 38.8 Å². The number of nitrogens with zero attached hydrogens (tertiary/aromatic N) is 5. The molecule has 2 saturated heterocycles. The highest BCUT2D eigenvalue weighted by Gasteiger charge is 2.48. The van der Waals surface area contributed by atoms with E-state index in [1.54, 1.807) is 85.0 Å². The average Bonchev–Trinajstić information content (AvgIpc) is 1.61. The van der Waals surface area contributed by atoms with Crippen LogP contribution in [-0.4, -0.2) is 181 Å². The first-order chi connectivity index (χ1) is 68.9. The summed E-state index contributed by atoms with van der Waals surface area (Å²) in [6.45, 7) is 11.4. The molecule has 0 bridgehead atoms. The number of methoxy groups -OCH3 is 4. The lowest BCUT2D eigenvalue weighted by atomic mass is 9.69. The number of amides is 3. The fourth-order valence-corrected chi connectivity index (χ4v) is 22.6. The number of ether oxygens (including phenoxy) is 6. The Morgan fingerprint density at radius 1 is 0.431 bits per heavy atom. The number of benzene rings is 7. The molecule has 5 aromatic heterocycles. The Morgan fingerprint density at radius 2 is 0.819 bits per heavy atom. The first kappa shape index (κ1) is 110. The molecule has 144 heavy (non-hydrogen) atoms. The van der Waals surface area contributed by atoms with Gasteiger partial charge in [-0.2, -0.15) is 26.3 Å². The molecule has 33 heteroatoms. The lowest BCUT2D eigenvalue weighted by molar-refractivity contribution is -0.187. The molecule has 6 fully saturated rings. The Labute approximate surface area is 860 Å². The molecule has 776 valence electrons. The third-order valence-electron chi connectivity index (χ3n) is 29.9. The zero-order valence-corrected chi connectivity index (χ0v) is 86.1. The van der Waals surface area contributed by atoms with Crippen LogP contribution in [0.3, 0.4) is 0 Å². The van der Waals surface area contributed by atoms with Crippen LogP contribution in [0.2, 0.25) is 25.1 Å². The lowest BCUT2D eigenvalue weighted by Gasteiger charge is -2.38. The van der Waals surface area contributed by atoms with Crippen LogP contribution >= 0.6 is 58.0 Å². The summed E-state index contributed by atoms with van der Waals surface area (Å²) in [4.78, 5) is 65.3. The van der Waals surface area contributed by atoms with E-state index in [2.05, 4.69) is 46.3 Å². The summed E-state index contributed by atoms with van der Waals surface area (Å²) in [6.07, 6.45) is 14.2. The standard InChI is InChI=1S/C25H26ClF3N2O3.C25H29ClN2O2.C21H27ClFNO3.C20H21ClF3NO2.C20H26ClFN2O2/c1-33-14-11-31-15-19(22-20(26)3-2-4-21(22)31)23(32)30-16-24(9-12-34-13-10-24)17-5-7-18(8-6-17)25(27,28)29;1-30-16-15-28-17-20(23-21(26)11-8-12-22(23)28)24(29)27-18-25(13-6-3-7-14-25)19-9-4-2-5-10-19;1-20(23)8-10-21(26,11-9-20)7-6-18(25)15-14-24(12-13-27-2)17-5-3-4-16(22)19(15)17;21-16-6-3-7-17-19(16)14(9-25(17)13-10-27-11-13)18(26)8-15(20(22,23)24)12-4-1-2-5-12;1-20(22)8-6-14(7-9-20)12-23-19(25)15-13-24(10-11-26-2)17-5-3-4-16(21)18(15)17/h2-8,15H,9-14,16H2,1H3,(H,30,32);2,4-5,8-12,17H,3,6-7,13-16,18H2,1H3,(H,27,29);3-5,14,26H,6-13H2,1-2H3;3,6-7,9,12-13,15H,1-2,4-5,8,10-11H2;3-5,13-14H,6-12H2,1-2H3,(H,23,25). The maximum atomic E-state index is 14.0. The number of carbonyl (C=O) groups excluding carboxylic acids is 5. The first-order valence-electron chi connectivity index (χ1n) is 49.7. The number of hydrogen-bond acceptors (Lipinski definition) is 12. The predicted octanol–water partition coefficient (Wildman–Crippen LogP) is 26.3. The molecule has 20 nitrogen and oxygen atoms in total. The Balaban J connectivity index is 0.000000143. The molecule has 1 unspecified atom stereocenters. The molecule has 18 rings (SSSR count). The Bertz CT molecular complexity index is 6370. The van der Waals surface area contributed by atoms with Crippen LogP contribution in [0.15, 0.2) is 177 Å². The molecule has 6 aliphatic rings. The van der Waals surface area contributed by atoms with Gasteiger partial charge < -0.3 is 72.3 Å². The van der Waals surface area contributed by atoms with E-state index in [9.17, 15) is 64.2 Å². The van der Waals surface area contributed by atoms with Gasteiger partial charge in [-0.15, -0.1) is 0 Å². The van der Waals surface area contributed by atoms with Gasteiger partial charge in [-0.3, -0.25) is 24.0 Å². The van der Waals surface area contributed by atoms with Gasteiger partial charge in [0.2, 0.25) is 0 Å². The van der Waals surface area contributed by atoms with Gasteiger partial charge in [0.25, 0.3) is 17.7 Å². The smallest absolute Gasteiger partial charge is 0.390 e. The van der Waals surface area contributed by atoms with E-state index in [0.29, 0.717) is 227 Å². The first-order valence-corrected chi connectivity index (χ1v) is 51.6. The number of halogens is 13. The van der Waals surface area contributed by atoms with Crippen LogP contribution in [0.5, 0.6) is 0 Å². The third-order valence-corrected chi connectivity index (χ3v) is 31.5. The summed E-state index contributed by atoms with van der Waals surface area (Å²) < 4.78 is 149. The van der Waals surface area contributed by atoms with Crippen LogP contribution in [0.4, 0.5) is 35.1 Å². The van der Waals surface area contributed by atoms with Gasteiger partial charge in [0.1, 0.15) is 11.3 Å². The van der Waals surface area contributed by atoms with Gasteiger partial charge in [0.05, 0.1) is 132 Å². The van der Waals surface area contributed by atoms with Crippen molar-refractivity contribution in [2.45, 2.75) is 227 Å². The fraction of sp³-hybridized carbons (Fsp3) is 0.486. The Morgan fingerprint density at radius 3 is 1.24 bits per heavy atom. The molecular formula is C111H129Cl5F8N8O12. The molecule has 7 aromatic carbocycles. The van der Waals surface area contributed by atoms with Crippen molar-refractivity contribution in [2.75, 3.05) is 101 Å². The number of fused-ring (bicyclic) bond motifs is 5. The number of nitrogens with one attached hydrogen (secondary N) is 3. The second kappa shape index (κ2) is 49.2. The molecule has 4 N–H and O–H groups in total. The fourth-order valence-electron chi connectivity index (χ4n) is 21.2. The predicted molar refractivity (Wildman–Crippen MR) is 552 cm³/mol. The van der Waals surface area contributed by atoms with Crippen molar-refractivity contribution in [1.29, 1.82) is 0 Å². The molecule has 1 atom stereocenters. The quantitative estimate of drug-likeness (QED) is 0.0228. The van der Waals surface area contributed by atoms with Gasteiger partial charge in [-0.25, -0.2) is 8.78 Å². The second-order valence-corrected chi connectivity index (χ2v) is 41.8. The van der Waals surface area contributed by atoms with Crippen molar-refractivity contribution in [3.05, 3.63) is 246 Å². The summed E-state index contributed by atoms with van der Waals surface area (Å²) >= 11 is 32.0. The summed E-state index contributed by atoms with van der Waals surface area (Å²) in [5.41, 5.74) is 4.54. The van der Waals surface area contributed by atoms with Gasteiger partial charge in [0.15, 0.2) is 11.6 Å². The number of carbonyl (C=O) groups is 5. The topological polar surface area (TPSA) is 222 Å². The number of aliphatic hydroxyl groups is 1. The number of hydrogen-bond donors (Lipinski definition) is 4. The van der Waals surface area contributed by atoms with Crippen molar-refractivity contribution < 1.29 is 92.6 Å². The minimum Gasteiger partial charge on any atom is -0.390 e. The molecule has 7 heterocycles. The maximum Gasteiger partial charge on any atom is 0.416 e. The lowest BCUT2D eigenvalue weighted by Crippen LogP contribution is -2.44. The number of alkyl halides is 8. The van der Waals surface area contributed by atoms with E-state index < -0.39 is 64.3 Å². The normalized spacial score (nSPS) is 19.9. The third kappa shape index (κ3) is 26.8. The van der Waals surface area contributed by atoms with E-state index in [4.69, 9.17) is 86.4 Å². The molecule has 12 aromatic rings. The van der Waals surface area contributed by atoms with Crippen molar-refractivity contribution in [2.24, 2.45) is 17.8 Å². The van der Waals surface area contributed by atoms with Crippen molar-refractivity contribution in [3.63, 3.8) is 0 Å². The van der Waals surface area contributed by atoms with Gasteiger partial charge in [-0.1, -0.05) is 163 Å². The number of Topliss-reactive ketones (excluding diaryl/α,β-unsaturated/α-hetero) is 2. The minimum atomic E-state index is -4.40. The van der Waals surface area contributed by atoms with E-state index >= 15 is 0 Å². The summed E-state index contributed by atoms with van der Waals surface area (Å²) in [7, 11) is 6.58. The molecular weight excluding hydrogens is 1970 g/mol. The number of rotatable bonds is 32. The molecule has 4 aliphatic carbocycles. The number of aromatic nitrogens is 5. The zero-order valence-electron chi connectivity index (χ0n) is 82.3. The highest BCUT2D eigenvalue weighted by Crippen LogP contribution is 2.48. The van der Waals surface area contributed by atoms with Crippen molar-refractivity contribution >= 4 is 142 Å². The molecule has 0 radical (unpaired) electrons. The second-order valence-electron chi connectivity index (χ2n) is 39.7. The largest absolute Gasteiger partial charge is 0.416 e. The van der Waals surface area contributed by atoms with Crippen molar-refractivity contribution in [3.8, 4) is 0 Å². The molecule has 2 aliphatic heterocycles. The summed E-state index contributed by atoms with van der Waals surface area (Å²) in [5.74, 6) is -2.73. The van der Waals surface area contributed by atoms with Gasteiger partial charge in [-0.05, 0) is 206 Å². The summed E-state index contributed by atoms with van der Waals surface area (Å²) in [6, 6.07) is 43.7. The zero-order chi connectivity index (χ0) is 103. The van der Waals surface area contributed by atoms with E-state index in [1.165, 1.54) is 37.0 Å². The van der Waals surface area contributed by atoms with Crippen LogP contribution in [-0.2, 0) is 71.6 Å². The van der Waals surface area contributed by atoms with Crippen LogP contribution in [0, 0.1) is 17.8 Å². The summed E-state index contributed by atoms with van der Waals surface area (Å²) in [5, 5.41) is 26.1. The van der Waals surface area contributed by atoms with Gasteiger partial charge in [0, 0.05) is 180 Å². The van der Waals surface area contributed by atoms with E-state index in [0.717, 1.165) is 100.0 Å². The minimum absolute atomic E-state index is 0.00733. The Kier molecular flexibility index (Phi) is 37.6. The van der Waals surface area contributed by atoms with E-state index in [-0.39, 0.29) is 53.5 Å². The maximum absolute atomic E-state index is 14.0. The van der Waals surface area contributed by atoms with Crippen LogP contribution < -0.4 is 16.0 Å². The highest BCUT2D eigenvalue weighted by atomic mass is 35.5. The molecule has 4 saturated carbocycles. The van der Waals surface area contributed by atoms with Gasteiger partial charge >= 0.3 is 12.4 Å². The highest BCUT2D eigenvalue weighted by molar-refractivity contribution is 6.39. The monoisotopic (exact) mass is 2090 g/mol. The Hall–Kier alpha value is -9.40. The molecule has 0 spiro atoms. The molecule has 3 amide bonds. The van der Waals surface area contributed by atoms with E-state index in [1.807, 2.05) is 102 Å². The SMILES string of the molecule is COCCn1cc(C(=O)CCC2(O)CCC(C)(F)CC2)c2c(Cl)cccc21.COCCn1cc(C(=O)NCC2(c3ccc(C(F)(F)F)cc3)CCOCC2)c2c(Cl)cccc21.COCCn1cc(C(=O)NCC2(c3ccccc3)CCCCC2)c2c(Cl)cccc21.COCCn1cc(C(=O)NCC2CCC(C)(F)CC2)c2c(Cl)cccc21.O=C(CC(C1CCCC1)C(F)(F)F)c1cn(C2COC2)c2cccc(Cl)c12. The van der Waals surface area contributed by atoms with Crippen LogP contribution in [0.25, 0.3) is 54.5 Å².